The standard InChI is InChI=1S/C17H26N2O2/c1-4-19(5-2)17(20)12-14-6-8-15(9-7-14)18-16-10-11-21-13(16)3/h6-9,13,16,18H,4-5,10-12H2,1-3H3/t13-,16+/m1/s1. The summed E-state index contributed by atoms with van der Waals surface area (Å²) in [6, 6.07) is 8.55. The Morgan fingerprint density at radius 2 is 1.95 bits per heavy atom. The molecule has 1 aliphatic heterocycles. The number of nitrogens with one attached hydrogen (secondary N) is 1. The van der Waals surface area contributed by atoms with Gasteiger partial charge in [0.15, 0.2) is 0 Å². The van der Waals surface area contributed by atoms with Crippen LogP contribution in [-0.4, -0.2) is 42.6 Å². The van der Waals surface area contributed by atoms with E-state index in [9.17, 15) is 4.79 Å². The molecule has 1 aliphatic rings. The van der Waals surface area contributed by atoms with E-state index in [1.807, 2.05) is 30.9 Å². The summed E-state index contributed by atoms with van der Waals surface area (Å²) in [5.41, 5.74) is 2.16. The summed E-state index contributed by atoms with van der Waals surface area (Å²) in [6.45, 7) is 8.50. The second-order valence-corrected chi connectivity index (χ2v) is 5.56. The lowest BCUT2D eigenvalue weighted by molar-refractivity contribution is -0.130. The molecular formula is C17H26N2O2. The van der Waals surface area contributed by atoms with Crippen LogP contribution in [0.1, 0.15) is 32.8 Å². The zero-order valence-electron chi connectivity index (χ0n) is 13.3. The van der Waals surface area contributed by atoms with Crippen LogP contribution in [0.25, 0.3) is 0 Å². The number of carbonyl (C=O) groups is 1. The van der Waals surface area contributed by atoms with Crippen molar-refractivity contribution in [3.8, 4) is 0 Å². The van der Waals surface area contributed by atoms with Crippen molar-refractivity contribution in [2.75, 3.05) is 25.0 Å². The van der Waals surface area contributed by atoms with Gasteiger partial charge in [-0.2, -0.15) is 0 Å². The van der Waals surface area contributed by atoms with E-state index in [-0.39, 0.29) is 12.0 Å². The molecule has 0 bridgehead atoms. The number of carbonyl (C=O) groups excluding carboxylic acids is 1. The van der Waals surface area contributed by atoms with Gasteiger partial charge < -0.3 is 15.0 Å². The van der Waals surface area contributed by atoms with Gasteiger partial charge in [0, 0.05) is 25.4 Å². The van der Waals surface area contributed by atoms with Gasteiger partial charge in [-0.25, -0.2) is 0 Å². The molecule has 21 heavy (non-hydrogen) atoms. The summed E-state index contributed by atoms with van der Waals surface area (Å²) in [6.07, 6.45) is 1.78. The second kappa shape index (κ2) is 7.46. The Morgan fingerprint density at radius 1 is 1.29 bits per heavy atom. The summed E-state index contributed by atoms with van der Waals surface area (Å²) in [5.74, 6) is 0.193. The summed E-state index contributed by atoms with van der Waals surface area (Å²) in [4.78, 5) is 13.9. The largest absolute Gasteiger partial charge is 0.380 e. The molecular weight excluding hydrogens is 264 g/mol. The molecule has 4 nitrogen and oxygen atoms in total. The van der Waals surface area contributed by atoms with Gasteiger partial charge in [0.2, 0.25) is 5.91 Å². The topological polar surface area (TPSA) is 41.6 Å². The van der Waals surface area contributed by atoms with Crippen LogP contribution in [0.5, 0.6) is 0 Å². The normalized spacial score (nSPS) is 21.3. The fraction of sp³-hybridized carbons (Fsp3) is 0.588. The molecule has 116 valence electrons. The predicted octanol–water partition coefficient (Wildman–Crippen LogP) is 2.69. The zero-order valence-corrected chi connectivity index (χ0v) is 13.3. The number of benzene rings is 1. The molecule has 0 unspecified atom stereocenters. The van der Waals surface area contributed by atoms with Gasteiger partial charge in [0.25, 0.3) is 0 Å². The van der Waals surface area contributed by atoms with Gasteiger partial charge in [0.1, 0.15) is 0 Å². The van der Waals surface area contributed by atoms with Crippen LogP contribution in [0.2, 0.25) is 0 Å². The average Bonchev–Trinajstić information content (AvgIpc) is 2.88. The highest BCUT2D eigenvalue weighted by molar-refractivity contribution is 5.78. The molecule has 1 aromatic carbocycles. The lowest BCUT2D eigenvalue weighted by Gasteiger charge is -2.19. The van der Waals surface area contributed by atoms with Crippen molar-refractivity contribution in [3.63, 3.8) is 0 Å². The number of likely N-dealkylation sites (N-methyl/N-ethyl adjacent to an activating group) is 1. The highest BCUT2D eigenvalue weighted by Gasteiger charge is 2.23. The van der Waals surface area contributed by atoms with Crippen molar-refractivity contribution >= 4 is 11.6 Å². The minimum Gasteiger partial charge on any atom is -0.380 e. The van der Waals surface area contributed by atoms with Crippen LogP contribution < -0.4 is 5.32 Å². The van der Waals surface area contributed by atoms with E-state index in [4.69, 9.17) is 4.74 Å². The first-order valence-corrected chi connectivity index (χ1v) is 7.88. The molecule has 1 aromatic rings. The molecule has 1 saturated heterocycles. The van der Waals surface area contributed by atoms with Gasteiger partial charge in [-0.05, 0) is 44.9 Å². The van der Waals surface area contributed by atoms with Crippen LogP contribution in [0.15, 0.2) is 24.3 Å². The van der Waals surface area contributed by atoms with E-state index in [1.165, 1.54) is 0 Å². The second-order valence-electron chi connectivity index (χ2n) is 5.56. The Kier molecular flexibility index (Phi) is 5.62. The Hall–Kier alpha value is -1.55. The molecule has 0 aliphatic carbocycles. The summed E-state index contributed by atoms with van der Waals surface area (Å²) in [5, 5.41) is 3.50. The van der Waals surface area contributed by atoms with Crippen LogP contribution in [0.4, 0.5) is 5.69 Å². The molecule has 0 saturated carbocycles. The van der Waals surface area contributed by atoms with E-state index in [0.29, 0.717) is 12.5 Å². The van der Waals surface area contributed by atoms with Crippen molar-refractivity contribution in [3.05, 3.63) is 29.8 Å². The fourth-order valence-corrected chi connectivity index (χ4v) is 2.72. The average molecular weight is 290 g/mol. The fourth-order valence-electron chi connectivity index (χ4n) is 2.72. The number of amides is 1. The molecule has 0 aromatic heterocycles. The first-order valence-electron chi connectivity index (χ1n) is 7.88. The number of anilines is 1. The minimum atomic E-state index is 0.193. The maximum absolute atomic E-state index is 12.1. The van der Waals surface area contributed by atoms with E-state index in [0.717, 1.165) is 37.4 Å². The van der Waals surface area contributed by atoms with Crippen LogP contribution in [0, 0.1) is 0 Å². The number of nitrogens with zero attached hydrogens (tertiary/aromatic N) is 1. The lowest BCUT2D eigenvalue weighted by atomic mass is 10.1. The van der Waals surface area contributed by atoms with Gasteiger partial charge in [-0.1, -0.05) is 12.1 Å². The van der Waals surface area contributed by atoms with Crippen molar-refractivity contribution in [1.82, 2.24) is 4.90 Å². The molecule has 1 amide bonds. The lowest BCUT2D eigenvalue weighted by Crippen LogP contribution is -2.31. The Balaban J connectivity index is 1.91. The molecule has 2 atom stereocenters. The molecule has 0 radical (unpaired) electrons. The van der Waals surface area contributed by atoms with Crippen molar-refractivity contribution in [1.29, 1.82) is 0 Å². The van der Waals surface area contributed by atoms with Crippen LogP contribution in [0.3, 0.4) is 0 Å². The zero-order chi connectivity index (χ0) is 15.2. The van der Waals surface area contributed by atoms with Crippen molar-refractivity contribution < 1.29 is 9.53 Å². The number of ether oxygens (including phenoxy) is 1. The minimum absolute atomic E-state index is 0.193. The third-order valence-electron chi connectivity index (χ3n) is 4.15. The first-order chi connectivity index (χ1) is 10.1. The highest BCUT2D eigenvalue weighted by atomic mass is 16.5. The molecule has 2 rings (SSSR count). The van der Waals surface area contributed by atoms with Crippen LogP contribution in [-0.2, 0) is 16.0 Å². The molecule has 1 N–H and O–H groups in total. The van der Waals surface area contributed by atoms with Crippen LogP contribution >= 0.6 is 0 Å². The Labute approximate surface area is 127 Å². The third-order valence-corrected chi connectivity index (χ3v) is 4.15. The summed E-state index contributed by atoms with van der Waals surface area (Å²) < 4.78 is 5.55. The number of hydrogen-bond donors (Lipinski definition) is 1. The quantitative estimate of drug-likeness (QED) is 0.876. The van der Waals surface area contributed by atoms with E-state index in [2.05, 4.69) is 24.4 Å². The molecule has 4 heteroatoms. The molecule has 1 fully saturated rings. The molecule has 0 spiro atoms. The van der Waals surface area contributed by atoms with Gasteiger partial charge >= 0.3 is 0 Å². The monoisotopic (exact) mass is 290 g/mol. The Morgan fingerprint density at radius 3 is 2.48 bits per heavy atom. The highest BCUT2D eigenvalue weighted by Crippen LogP contribution is 2.19. The molecule has 1 heterocycles. The van der Waals surface area contributed by atoms with Gasteiger partial charge in [0.05, 0.1) is 18.6 Å². The summed E-state index contributed by atoms with van der Waals surface area (Å²) >= 11 is 0. The number of hydrogen-bond acceptors (Lipinski definition) is 3. The van der Waals surface area contributed by atoms with E-state index in [1.54, 1.807) is 0 Å². The predicted molar refractivity (Wildman–Crippen MR) is 85.5 cm³/mol. The van der Waals surface area contributed by atoms with Gasteiger partial charge in [-0.15, -0.1) is 0 Å². The first kappa shape index (κ1) is 15.8. The van der Waals surface area contributed by atoms with Crippen molar-refractivity contribution in [2.24, 2.45) is 0 Å². The maximum atomic E-state index is 12.1. The SMILES string of the molecule is CCN(CC)C(=O)Cc1ccc(N[C@H]2CCO[C@@H]2C)cc1. The van der Waals surface area contributed by atoms with E-state index < -0.39 is 0 Å². The maximum Gasteiger partial charge on any atom is 0.226 e. The number of rotatable bonds is 6. The van der Waals surface area contributed by atoms with Gasteiger partial charge in [-0.3, -0.25) is 4.79 Å². The Bertz CT molecular complexity index is 454. The smallest absolute Gasteiger partial charge is 0.226 e. The van der Waals surface area contributed by atoms with E-state index >= 15 is 0 Å². The third kappa shape index (κ3) is 4.21. The summed E-state index contributed by atoms with van der Waals surface area (Å²) in [7, 11) is 0. The van der Waals surface area contributed by atoms with Crippen molar-refractivity contribution in [2.45, 2.75) is 45.8 Å².